The van der Waals surface area contributed by atoms with Crippen LogP contribution >= 0.6 is 11.6 Å². The SMILES string of the molecule is Cc1ccc(C(CNC(=O)Cc2ccccc2Cl)N2CCOCC2)o1. The lowest BCUT2D eigenvalue weighted by atomic mass is 10.1. The predicted molar refractivity (Wildman–Crippen MR) is 96.7 cm³/mol. The Labute approximate surface area is 152 Å². The first-order chi connectivity index (χ1) is 12.1. The van der Waals surface area contributed by atoms with Crippen LogP contribution in [0.1, 0.15) is 23.1 Å². The normalized spacial score (nSPS) is 16.6. The summed E-state index contributed by atoms with van der Waals surface area (Å²) in [5, 5.41) is 3.64. The van der Waals surface area contributed by atoms with E-state index in [1.807, 2.05) is 37.3 Å². The van der Waals surface area contributed by atoms with Gasteiger partial charge < -0.3 is 14.5 Å². The summed E-state index contributed by atoms with van der Waals surface area (Å²) in [4.78, 5) is 14.6. The number of rotatable bonds is 6. The molecule has 1 atom stereocenters. The topological polar surface area (TPSA) is 54.7 Å². The minimum atomic E-state index is -0.0466. The van der Waals surface area contributed by atoms with Crippen LogP contribution in [0.3, 0.4) is 0 Å². The van der Waals surface area contributed by atoms with Crippen LogP contribution in [0.5, 0.6) is 0 Å². The molecule has 1 aliphatic rings. The van der Waals surface area contributed by atoms with Crippen LogP contribution in [0.4, 0.5) is 0 Å². The van der Waals surface area contributed by atoms with Gasteiger partial charge >= 0.3 is 0 Å². The molecule has 0 radical (unpaired) electrons. The first kappa shape index (κ1) is 18.0. The van der Waals surface area contributed by atoms with Gasteiger partial charge in [-0.15, -0.1) is 0 Å². The molecule has 134 valence electrons. The largest absolute Gasteiger partial charge is 0.465 e. The van der Waals surface area contributed by atoms with E-state index in [9.17, 15) is 4.79 Å². The first-order valence-electron chi connectivity index (χ1n) is 8.51. The fourth-order valence-corrected chi connectivity index (χ4v) is 3.22. The van der Waals surface area contributed by atoms with Crippen molar-refractivity contribution in [1.82, 2.24) is 10.2 Å². The quantitative estimate of drug-likeness (QED) is 0.858. The van der Waals surface area contributed by atoms with E-state index in [-0.39, 0.29) is 18.4 Å². The van der Waals surface area contributed by atoms with Crippen molar-refractivity contribution in [3.05, 3.63) is 58.5 Å². The zero-order valence-corrected chi connectivity index (χ0v) is 15.1. The molecular weight excluding hydrogens is 340 g/mol. The van der Waals surface area contributed by atoms with Crippen LogP contribution in [0, 0.1) is 6.92 Å². The molecule has 5 nitrogen and oxygen atoms in total. The number of nitrogens with zero attached hydrogens (tertiary/aromatic N) is 1. The Morgan fingerprint density at radius 3 is 2.68 bits per heavy atom. The highest BCUT2D eigenvalue weighted by molar-refractivity contribution is 6.31. The van der Waals surface area contributed by atoms with E-state index in [2.05, 4.69) is 10.2 Å². The van der Waals surface area contributed by atoms with Crippen LogP contribution in [-0.2, 0) is 16.0 Å². The number of nitrogens with one attached hydrogen (secondary N) is 1. The standard InChI is InChI=1S/C19H23ClN2O3/c1-14-6-7-18(25-14)17(22-8-10-24-11-9-22)13-21-19(23)12-15-4-2-3-5-16(15)20/h2-7,17H,8-13H2,1H3,(H,21,23). The molecule has 1 unspecified atom stereocenters. The summed E-state index contributed by atoms with van der Waals surface area (Å²) in [7, 11) is 0. The van der Waals surface area contributed by atoms with E-state index >= 15 is 0 Å². The molecular formula is C19H23ClN2O3. The zero-order valence-electron chi connectivity index (χ0n) is 14.3. The number of hydrogen-bond donors (Lipinski definition) is 1. The van der Waals surface area contributed by atoms with Gasteiger partial charge in [-0.1, -0.05) is 29.8 Å². The summed E-state index contributed by atoms with van der Waals surface area (Å²) in [6.07, 6.45) is 0.271. The summed E-state index contributed by atoms with van der Waals surface area (Å²) in [6, 6.07) is 11.4. The Balaban J connectivity index is 1.63. The van der Waals surface area contributed by atoms with Crippen molar-refractivity contribution in [3.8, 4) is 0 Å². The van der Waals surface area contributed by atoms with Crippen molar-refractivity contribution in [2.24, 2.45) is 0 Å². The molecule has 2 aromatic rings. The third-order valence-electron chi connectivity index (χ3n) is 4.38. The Kier molecular flexibility index (Phi) is 6.13. The average Bonchev–Trinajstić information content (AvgIpc) is 3.04. The molecule has 0 saturated carbocycles. The van der Waals surface area contributed by atoms with Crippen molar-refractivity contribution in [1.29, 1.82) is 0 Å². The lowest BCUT2D eigenvalue weighted by Crippen LogP contribution is -2.44. The number of halogens is 1. The lowest BCUT2D eigenvalue weighted by Gasteiger charge is -2.33. The summed E-state index contributed by atoms with van der Waals surface area (Å²) >= 11 is 6.13. The molecule has 25 heavy (non-hydrogen) atoms. The molecule has 0 aliphatic carbocycles. The van der Waals surface area contributed by atoms with Crippen molar-refractivity contribution in [3.63, 3.8) is 0 Å². The molecule has 1 aromatic heterocycles. The minimum Gasteiger partial charge on any atom is -0.465 e. The van der Waals surface area contributed by atoms with E-state index in [1.54, 1.807) is 6.07 Å². The highest BCUT2D eigenvalue weighted by Gasteiger charge is 2.25. The number of carbonyl (C=O) groups is 1. The van der Waals surface area contributed by atoms with E-state index < -0.39 is 0 Å². The number of ether oxygens (including phenoxy) is 1. The second-order valence-corrected chi connectivity index (χ2v) is 6.59. The molecule has 6 heteroatoms. The van der Waals surface area contributed by atoms with Gasteiger partial charge in [-0.2, -0.15) is 0 Å². The molecule has 0 bridgehead atoms. The van der Waals surface area contributed by atoms with Gasteiger partial charge in [-0.3, -0.25) is 9.69 Å². The van der Waals surface area contributed by atoms with E-state index in [1.165, 1.54) is 0 Å². The van der Waals surface area contributed by atoms with Gasteiger partial charge in [-0.25, -0.2) is 0 Å². The third-order valence-corrected chi connectivity index (χ3v) is 4.75. The third kappa shape index (κ3) is 4.84. The fraction of sp³-hybridized carbons (Fsp3) is 0.421. The first-order valence-corrected chi connectivity index (χ1v) is 8.89. The number of morpholine rings is 1. The average molecular weight is 363 g/mol. The van der Waals surface area contributed by atoms with E-state index in [0.29, 0.717) is 24.8 Å². The van der Waals surface area contributed by atoms with Crippen LogP contribution in [0.25, 0.3) is 0 Å². The lowest BCUT2D eigenvalue weighted by molar-refractivity contribution is -0.120. The molecule has 0 spiro atoms. The fourth-order valence-electron chi connectivity index (χ4n) is 3.02. The summed E-state index contributed by atoms with van der Waals surface area (Å²) in [6.45, 7) is 5.47. The molecule has 1 aromatic carbocycles. The number of furan rings is 1. The van der Waals surface area contributed by atoms with Crippen molar-refractivity contribution < 1.29 is 13.9 Å². The van der Waals surface area contributed by atoms with Crippen LogP contribution < -0.4 is 5.32 Å². The smallest absolute Gasteiger partial charge is 0.224 e. The minimum absolute atomic E-state index is 0.00722. The van der Waals surface area contributed by atoms with Crippen molar-refractivity contribution in [2.75, 3.05) is 32.8 Å². The van der Waals surface area contributed by atoms with E-state index in [0.717, 1.165) is 30.2 Å². The predicted octanol–water partition coefficient (Wildman–Crippen LogP) is 2.97. The highest BCUT2D eigenvalue weighted by Crippen LogP contribution is 2.23. The summed E-state index contributed by atoms with van der Waals surface area (Å²) < 4.78 is 11.2. The van der Waals surface area contributed by atoms with Gasteiger partial charge in [0.15, 0.2) is 0 Å². The summed E-state index contributed by atoms with van der Waals surface area (Å²) in [5.74, 6) is 1.70. The number of benzene rings is 1. The van der Waals surface area contributed by atoms with Gasteiger partial charge in [-0.05, 0) is 30.7 Å². The van der Waals surface area contributed by atoms with Crippen molar-refractivity contribution >= 4 is 17.5 Å². The van der Waals surface area contributed by atoms with E-state index in [4.69, 9.17) is 20.8 Å². The maximum Gasteiger partial charge on any atom is 0.224 e. The molecule has 1 saturated heterocycles. The molecule has 2 heterocycles. The Morgan fingerprint density at radius 2 is 2.00 bits per heavy atom. The van der Waals surface area contributed by atoms with Gasteiger partial charge in [0, 0.05) is 24.7 Å². The Morgan fingerprint density at radius 1 is 1.24 bits per heavy atom. The van der Waals surface area contributed by atoms with Crippen LogP contribution in [0.2, 0.25) is 5.02 Å². The second-order valence-electron chi connectivity index (χ2n) is 6.18. The molecule has 3 rings (SSSR count). The maximum atomic E-state index is 12.3. The zero-order chi connectivity index (χ0) is 17.6. The van der Waals surface area contributed by atoms with Gasteiger partial charge in [0.25, 0.3) is 0 Å². The number of aryl methyl sites for hydroxylation is 1. The van der Waals surface area contributed by atoms with Gasteiger partial charge in [0.2, 0.25) is 5.91 Å². The summed E-state index contributed by atoms with van der Waals surface area (Å²) in [5.41, 5.74) is 0.832. The maximum absolute atomic E-state index is 12.3. The number of amides is 1. The highest BCUT2D eigenvalue weighted by atomic mass is 35.5. The van der Waals surface area contributed by atoms with Crippen LogP contribution in [-0.4, -0.2) is 43.7 Å². The Bertz CT molecular complexity index is 710. The molecule has 1 fully saturated rings. The van der Waals surface area contributed by atoms with Gasteiger partial charge in [0.1, 0.15) is 11.5 Å². The monoisotopic (exact) mass is 362 g/mol. The second kappa shape index (κ2) is 8.52. The Hall–Kier alpha value is -1.82. The van der Waals surface area contributed by atoms with Gasteiger partial charge in [0.05, 0.1) is 25.7 Å². The molecule has 1 N–H and O–H groups in total. The molecule has 1 amide bonds. The van der Waals surface area contributed by atoms with Crippen molar-refractivity contribution in [2.45, 2.75) is 19.4 Å². The number of hydrogen-bond acceptors (Lipinski definition) is 4. The van der Waals surface area contributed by atoms with Crippen LogP contribution in [0.15, 0.2) is 40.8 Å². The number of carbonyl (C=O) groups excluding carboxylic acids is 1. The molecule has 1 aliphatic heterocycles.